The van der Waals surface area contributed by atoms with Crippen LogP contribution in [-0.2, 0) is 6.42 Å². The van der Waals surface area contributed by atoms with Crippen LogP contribution in [0.15, 0.2) is 48.7 Å². The number of rotatable bonds is 16. The SMILES string of the molecule is CCCCCCCCCCCCCCCCc1ccccc1-c1ccccn1. The third-order valence-corrected chi connectivity index (χ3v) is 5.76. The summed E-state index contributed by atoms with van der Waals surface area (Å²) in [6.07, 6.45) is 22.9. The number of hydrogen-bond donors (Lipinski definition) is 0. The van der Waals surface area contributed by atoms with Crippen LogP contribution in [-0.4, -0.2) is 4.98 Å². The zero-order valence-corrected chi connectivity index (χ0v) is 18.2. The molecule has 0 fully saturated rings. The minimum absolute atomic E-state index is 1.10. The summed E-state index contributed by atoms with van der Waals surface area (Å²) in [5.41, 5.74) is 3.85. The van der Waals surface area contributed by atoms with Gasteiger partial charge >= 0.3 is 0 Å². The molecule has 0 saturated carbocycles. The van der Waals surface area contributed by atoms with Crippen LogP contribution in [0.2, 0.25) is 0 Å². The second-order valence-electron chi connectivity index (χ2n) is 8.22. The second-order valence-corrected chi connectivity index (χ2v) is 8.22. The van der Waals surface area contributed by atoms with Gasteiger partial charge in [-0.1, -0.05) is 121 Å². The van der Waals surface area contributed by atoms with Gasteiger partial charge in [0, 0.05) is 11.8 Å². The van der Waals surface area contributed by atoms with Crippen molar-refractivity contribution >= 4 is 0 Å². The molecule has 1 nitrogen and oxygen atoms in total. The topological polar surface area (TPSA) is 12.9 Å². The molecule has 2 aromatic rings. The summed E-state index contributed by atoms with van der Waals surface area (Å²) in [5.74, 6) is 0. The largest absolute Gasteiger partial charge is 0.256 e. The summed E-state index contributed by atoms with van der Waals surface area (Å²) in [5, 5.41) is 0. The van der Waals surface area contributed by atoms with Crippen LogP contribution in [0.1, 0.15) is 102 Å². The third-order valence-electron chi connectivity index (χ3n) is 5.76. The smallest absolute Gasteiger partial charge is 0.0704 e. The molecule has 0 aliphatic carbocycles. The lowest BCUT2D eigenvalue weighted by Crippen LogP contribution is -1.92. The maximum absolute atomic E-state index is 4.53. The Labute approximate surface area is 174 Å². The van der Waals surface area contributed by atoms with Crippen LogP contribution in [0.4, 0.5) is 0 Å². The highest BCUT2D eigenvalue weighted by Gasteiger charge is 2.05. The predicted molar refractivity (Wildman–Crippen MR) is 124 cm³/mol. The van der Waals surface area contributed by atoms with Gasteiger partial charge in [0.2, 0.25) is 0 Å². The van der Waals surface area contributed by atoms with Crippen molar-refractivity contribution < 1.29 is 0 Å². The Hall–Kier alpha value is -1.63. The van der Waals surface area contributed by atoms with Crippen molar-refractivity contribution in [3.8, 4) is 11.3 Å². The van der Waals surface area contributed by atoms with E-state index in [2.05, 4.69) is 48.3 Å². The molecule has 1 heterocycles. The molecule has 0 amide bonds. The highest BCUT2D eigenvalue weighted by Crippen LogP contribution is 2.23. The van der Waals surface area contributed by atoms with E-state index in [0.717, 1.165) is 5.69 Å². The van der Waals surface area contributed by atoms with E-state index in [-0.39, 0.29) is 0 Å². The van der Waals surface area contributed by atoms with E-state index >= 15 is 0 Å². The zero-order valence-electron chi connectivity index (χ0n) is 18.2. The monoisotopic (exact) mass is 379 g/mol. The molecule has 0 N–H and O–H groups in total. The molecule has 0 atom stereocenters. The molecule has 1 aromatic carbocycles. The van der Waals surface area contributed by atoms with Crippen LogP contribution in [0.25, 0.3) is 11.3 Å². The Morgan fingerprint density at radius 2 is 1.11 bits per heavy atom. The normalized spacial score (nSPS) is 11.0. The van der Waals surface area contributed by atoms with Gasteiger partial charge < -0.3 is 0 Å². The van der Waals surface area contributed by atoms with Gasteiger partial charge in [0.1, 0.15) is 0 Å². The summed E-state index contributed by atoms with van der Waals surface area (Å²) in [6, 6.07) is 14.9. The first kappa shape index (κ1) is 22.7. The standard InChI is InChI=1S/C27H41N/c1-2-3-4-5-6-7-8-9-10-11-12-13-14-15-20-25-21-16-17-22-26(25)27-23-18-19-24-28-27/h16-19,21-24H,2-15,20H2,1H3. The molecule has 1 heteroatoms. The van der Waals surface area contributed by atoms with Crippen molar-refractivity contribution in [1.29, 1.82) is 0 Å². The number of nitrogens with zero attached hydrogens (tertiary/aromatic N) is 1. The van der Waals surface area contributed by atoms with Gasteiger partial charge in [-0.25, -0.2) is 0 Å². The Balaban J connectivity index is 1.48. The lowest BCUT2D eigenvalue weighted by molar-refractivity contribution is 0.535. The molecule has 0 saturated heterocycles. The van der Waals surface area contributed by atoms with Crippen molar-refractivity contribution in [3.05, 3.63) is 54.2 Å². The minimum atomic E-state index is 1.10. The first-order valence-corrected chi connectivity index (χ1v) is 11.9. The van der Waals surface area contributed by atoms with Crippen LogP contribution in [0, 0.1) is 0 Å². The van der Waals surface area contributed by atoms with Gasteiger partial charge in [0.15, 0.2) is 0 Å². The van der Waals surface area contributed by atoms with Gasteiger partial charge in [-0.2, -0.15) is 0 Å². The number of hydrogen-bond acceptors (Lipinski definition) is 1. The van der Waals surface area contributed by atoms with Gasteiger partial charge in [0.25, 0.3) is 0 Å². The molecule has 154 valence electrons. The van der Waals surface area contributed by atoms with E-state index in [9.17, 15) is 0 Å². The zero-order chi connectivity index (χ0) is 19.7. The van der Waals surface area contributed by atoms with E-state index in [1.54, 1.807) is 0 Å². The maximum Gasteiger partial charge on any atom is 0.0704 e. The first-order chi connectivity index (χ1) is 13.9. The Morgan fingerprint density at radius 1 is 0.571 bits per heavy atom. The van der Waals surface area contributed by atoms with E-state index in [4.69, 9.17) is 0 Å². The average molecular weight is 380 g/mol. The van der Waals surface area contributed by atoms with Crippen molar-refractivity contribution in [2.45, 2.75) is 103 Å². The number of unbranched alkanes of at least 4 members (excludes halogenated alkanes) is 13. The van der Waals surface area contributed by atoms with E-state index in [1.807, 2.05) is 12.3 Å². The van der Waals surface area contributed by atoms with Crippen LogP contribution >= 0.6 is 0 Å². The van der Waals surface area contributed by atoms with Crippen LogP contribution in [0.5, 0.6) is 0 Å². The molecule has 1 aromatic heterocycles. The van der Waals surface area contributed by atoms with Crippen molar-refractivity contribution in [2.24, 2.45) is 0 Å². The minimum Gasteiger partial charge on any atom is -0.256 e. The highest BCUT2D eigenvalue weighted by atomic mass is 14.7. The summed E-state index contributed by atoms with van der Waals surface area (Å²) < 4.78 is 0. The predicted octanol–water partition coefficient (Wildman–Crippen LogP) is 8.77. The Kier molecular flexibility index (Phi) is 12.4. The molecule has 0 aliphatic rings. The van der Waals surface area contributed by atoms with Gasteiger partial charge in [-0.15, -0.1) is 0 Å². The number of pyridine rings is 1. The lowest BCUT2D eigenvalue weighted by atomic mass is 9.98. The molecule has 2 rings (SSSR count). The molecule has 0 spiro atoms. The Morgan fingerprint density at radius 3 is 1.68 bits per heavy atom. The van der Waals surface area contributed by atoms with E-state index in [0.29, 0.717) is 0 Å². The first-order valence-electron chi connectivity index (χ1n) is 11.9. The fourth-order valence-corrected chi connectivity index (χ4v) is 4.02. The number of aryl methyl sites for hydroxylation is 1. The molecule has 28 heavy (non-hydrogen) atoms. The summed E-state index contributed by atoms with van der Waals surface area (Å²) >= 11 is 0. The molecule has 0 unspecified atom stereocenters. The van der Waals surface area contributed by atoms with Crippen molar-refractivity contribution in [1.82, 2.24) is 4.98 Å². The molecule has 0 bridgehead atoms. The van der Waals surface area contributed by atoms with Crippen molar-refractivity contribution in [2.75, 3.05) is 0 Å². The van der Waals surface area contributed by atoms with E-state index in [1.165, 1.54) is 107 Å². The quantitative estimate of drug-likeness (QED) is 0.266. The van der Waals surface area contributed by atoms with Gasteiger partial charge in [-0.3, -0.25) is 4.98 Å². The fraction of sp³-hybridized carbons (Fsp3) is 0.593. The molecular formula is C27H41N. The fourth-order valence-electron chi connectivity index (χ4n) is 4.02. The summed E-state index contributed by atoms with van der Waals surface area (Å²) in [4.78, 5) is 4.53. The molecule has 0 aliphatic heterocycles. The van der Waals surface area contributed by atoms with Gasteiger partial charge in [0.05, 0.1) is 5.69 Å². The highest BCUT2D eigenvalue weighted by molar-refractivity contribution is 5.63. The average Bonchev–Trinajstić information content (AvgIpc) is 2.75. The maximum atomic E-state index is 4.53. The second kappa shape index (κ2) is 15.3. The van der Waals surface area contributed by atoms with Crippen LogP contribution < -0.4 is 0 Å². The van der Waals surface area contributed by atoms with E-state index < -0.39 is 0 Å². The molecular weight excluding hydrogens is 338 g/mol. The summed E-state index contributed by atoms with van der Waals surface area (Å²) in [7, 11) is 0. The third kappa shape index (κ3) is 9.53. The summed E-state index contributed by atoms with van der Waals surface area (Å²) in [6.45, 7) is 2.29. The van der Waals surface area contributed by atoms with Crippen LogP contribution in [0.3, 0.4) is 0 Å². The number of aromatic nitrogens is 1. The lowest BCUT2D eigenvalue weighted by Gasteiger charge is -2.09. The van der Waals surface area contributed by atoms with Gasteiger partial charge in [-0.05, 0) is 30.5 Å². The van der Waals surface area contributed by atoms with Crippen molar-refractivity contribution in [3.63, 3.8) is 0 Å². The molecule has 0 radical (unpaired) electrons. The Bertz CT molecular complexity index is 605. The number of benzene rings is 1.